The van der Waals surface area contributed by atoms with Gasteiger partial charge in [-0.1, -0.05) is 25.1 Å². The second-order valence-corrected chi connectivity index (χ2v) is 9.33. The molecule has 8 nitrogen and oxygen atoms in total. The highest BCUT2D eigenvalue weighted by Gasteiger charge is 2.19. The number of ether oxygens (including phenoxy) is 1. The average Bonchev–Trinajstić information content (AvgIpc) is 3.19. The summed E-state index contributed by atoms with van der Waals surface area (Å²) in [6, 6.07) is 14.6. The van der Waals surface area contributed by atoms with E-state index in [9.17, 15) is 18.0 Å². The third-order valence-corrected chi connectivity index (χ3v) is 6.86. The molecule has 9 heteroatoms. The summed E-state index contributed by atoms with van der Waals surface area (Å²) >= 11 is 0. The molecule has 3 aromatic rings. The van der Waals surface area contributed by atoms with Crippen molar-refractivity contribution in [3.05, 3.63) is 65.9 Å². The van der Waals surface area contributed by atoms with Gasteiger partial charge in [0.1, 0.15) is 0 Å². The van der Waals surface area contributed by atoms with Crippen LogP contribution in [0.2, 0.25) is 0 Å². The molecule has 172 valence electrons. The molecule has 0 aliphatic heterocycles. The Morgan fingerprint density at radius 3 is 2.52 bits per heavy atom. The summed E-state index contributed by atoms with van der Waals surface area (Å²) < 4.78 is 34.2. The predicted octanol–water partition coefficient (Wildman–Crippen LogP) is 3.67. The number of carbonyl (C=O) groups excluding carboxylic acids is 2. The first-order chi connectivity index (χ1) is 15.8. The number of fused-ring (bicyclic) bond motifs is 1. The molecular weight excluding hydrogens is 442 g/mol. The molecule has 0 spiro atoms. The number of esters is 1. The average molecular weight is 468 g/mol. The highest BCUT2D eigenvalue weighted by molar-refractivity contribution is 7.89. The Hall–Kier alpha value is -3.48. The molecule has 1 unspecified atom stereocenters. The van der Waals surface area contributed by atoms with Crippen LogP contribution in [0.3, 0.4) is 0 Å². The number of hydrogen-bond acceptors (Lipinski definition) is 6. The number of aromatic nitrogens is 1. The summed E-state index contributed by atoms with van der Waals surface area (Å²) in [6.45, 7) is 3.63. The minimum atomic E-state index is -3.68. The lowest BCUT2D eigenvalue weighted by atomic mass is 10.1. The molecule has 0 amide bonds. The molecule has 0 aliphatic carbocycles. The summed E-state index contributed by atoms with van der Waals surface area (Å²) in [6.07, 6.45) is 2.62. The van der Waals surface area contributed by atoms with E-state index in [1.807, 2.05) is 29.7 Å². The number of carbonyl (C=O) groups is 2. The Bertz CT molecular complexity index is 1300. The molecule has 0 bridgehead atoms. The van der Waals surface area contributed by atoms with E-state index in [4.69, 9.17) is 10.00 Å². The fourth-order valence-corrected chi connectivity index (χ4v) is 4.63. The first-order valence-electron chi connectivity index (χ1n) is 10.5. The lowest BCUT2D eigenvalue weighted by molar-refractivity contribution is 0.0475. The van der Waals surface area contributed by atoms with Crippen LogP contribution in [0.4, 0.5) is 0 Å². The molecule has 0 radical (unpaired) electrons. The quantitative estimate of drug-likeness (QED) is 0.359. The predicted molar refractivity (Wildman–Crippen MR) is 123 cm³/mol. The molecule has 1 aromatic heterocycles. The molecule has 1 N–H and O–H groups in total. The second kappa shape index (κ2) is 10.4. The van der Waals surface area contributed by atoms with Gasteiger partial charge in [-0.2, -0.15) is 5.26 Å². The lowest BCUT2D eigenvalue weighted by Crippen LogP contribution is -2.32. The van der Waals surface area contributed by atoms with Crippen molar-refractivity contribution in [3.8, 4) is 6.07 Å². The van der Waals surface area contributed by atoms with E-state index in [0.717, 1.165) is 10.9 Å². The summed E-state index contributed by atoms with van der Waals surface area (Å²) in [5.74, 6) is -1.09. The van der Waals surface area contributed by atoms with Gasteiger partial charge in [0.25, 0.3) is 0 Å². The third kappa shape index (κ3) is 5.66. The Kier molecular flexibility index (Phi) is 7.63. The van der Waals surface area contributed by atoms with E-state index >= 15 is 0 Å². The molecule has 33 heavy (non-hydrogen) atoms. The number of aryl methyl sites for hydroxylation is 1. The van der Waals surface area contributed by atoms with Crippen LogP contribution in [0.15, 0.2) is 59.6 Å². The van der Waals surface area contributed by atoms with E-state index in [1.54, 1.807) is 19.2 Å². The van der Waals surface area contributed by atoms with Crippen LogP contribution in [0.5, 0.6) is 0 Å². The van der Waals surface area contributed by atoms with Crippen molar-refractivity contribution in [2.45, 2.75) is 44.2 Å². The maximum atomic E-state index is 12.8. The maximum Gasteiger partial charge on any atom is 0.338 e. The summed E-state index contributed by atoms with van der Waals surface area (Å²) in [5.41, 5.74) is 1.38. The highest BCUT2D eigenvalue weighted by atomic mass is 32.2. The Morgan fingerprint density at radius 1 is 1.15 bits per heavy atom. The van der Waals surface area contributed by atoms with Crippen LogP contribution in [0.1, 0.15) is 47.4 Å². The standard InChI is InChI=1S/C24H25N3O5S/c1-3-17(2)26-33(30,31)19-11-9-18(10-12-19)24(29)32-16-23(28)21-15-27(14-6-13-25)22-8-5-4-7-20(21)22/h4-5,7-12,15,17,26H,3,6,14,16H2,1-2H3. The van der Waals surface area contributed by atoms with E-state index in [2.05, 4.69) is 10.8 Å². The number of Topliss-reactive ketones (excluding diaryl/α,β-unsaturated/α-hetero) is 1. The lowest BCUT2D eigenvalue weighted by Gasteiger charge is -2.12. The van der Waals surface area contributed by atoms with Crippen molar-refractivity contribution < 1.29 is 22.7 Å². The van der Waals surface area contributed by atoms with E-state index in [-0.39, 0.29) is 22.3 Å². The van der Waals surface area contributed by atoms with Gasteiger partial charge in [0.15, 0.2) is 6.61 Å². The van der Waals surface area contributed by atoms with Crippen molar-refractivity contribution in [2.24, 2.45) is 0 Å². The van der Waals surface area contributed by atoms with Gasteiger partial charge in [-0.05, 0) is 43.7 Å². The van der Waals surface area contributed by atoms with Crippen molar-refractivity contribution in [3.63, 3.8) is 0 Å². The molecule has 0 aliphatic rings. The third-order valence-electron chi connectivity index (χ3n) is 5.26. The topological polar surface area (TPSA) is 118 Å². The van der Waals surface area contributed by atoms with Gasteiger partial charge in [-0.3, -0.25) is 4.79 Å². The number of hydrogen-bond donors (Lipinski definition) is 1. The molecule has 1 heterocycles. The normalized spacial score (nSPS) is 12.3. The van der Waals surface area contributed by atoms with Crippen molar-refractivity contribution in [1.82, 2.24) is 9.29 Å². The van der Waals surface area contributed by atoms with E-state index in [0.29, 0.717) is 24.9 Å². The molecule has 2 aromatic carbocycles. The zero-order chi connectivity index (χ0) is 24.0. The number of ketones is 1. The smallest absolute Gasteiger partial charge is 0.338 e. The number of benzene rings is 2. The second-order valence-electron chi connectivity index (χ2n) is 7.62. The van der Waals surface area contributed by atoms with Crippen molar-refractivity contribution in [2.75, 3.05) is 6.61 Å². The van der Waals surface area contributed by atoms with Crippen LogP contribution in [0, 0.1) is 11.3 Å². The minimum absolute atomic E-state index is 0.0422. The van der Waals surface area contributed by atoms with E-state index < -0.39 is 22.6 Å². The van der Waals surface area contributed by atoms with Crippen LogP contribution >= 0.6 is 0 Å². The van der Waals surface area contributed by atoms with Crippen molar-refractivity contribution >= 4 is 32.7 Å². The van der Waals surface area contributed by atoms with Crippen LogP contribution < -0.4 is 4.72 Å². The fourth-order valence-electron chi connectivity index (χ4n) is 3.30. The number of rotatable bonds is 10. The molecule has 3 rings (SSSR count). The van der Waals surface area contributed by atoms with Crippen LogP contribution in [0.25, 0.3) is 10.9 Å². The summed E-state index contributed by atoms with van der Waals surface area (Å²) in [4.78, 5) is 25.2. The van der Waals surface area contributed by atoms with Gasteiger partial charge in [0.05, 0.1) is 22.9 Å². The molecule has 1 atom stereocenters. The van der Waals surface area contributed by atoms with E-state index in [1.165, 1.54) is 24.3 Å². The van der Waals surface area contributed by atoms with Gasteiger partial charge in [0, 0.05) is 35.2 Å². The van der Waals surface area contributed by atoms with Gasteiger partial charge < -0.3 is 9.30 Å². The molecule has 0 fully saturated rings. The summed E-state index contributed by atoms with van der Waals surface area (Å²) in [7, 11) is -3.68. The number of para-hydroxylation sites is 1. The Balaban J connectivity index is 1.69. The fraction of sp³-hybridized carbons (Fsp3) is 0.292. The number of sulfonamides is 1. The molecule has 0 saturated heterocycles. The number of nitrogens with zero attached hydrogens (tertiary/aromatic N) is 2. The Labute approximate surface area is 192 Å². The first kappa shape index (κ1) is 24.2. The largest absolute Gasteiger partial charge is 0.454 e. The van der Waals surface area contributed by atoms with Gasteiger partial charge in [-0.25, -0.2) is 17.9 Å². The summed E-state index contributed by atoms with van der Waals surface area (Å²) in [5, 5.41) is 9.58. The first-order valence-corrected chi connectivity index (χ1v) is 12.0. The number of nitrogens with one attached hydrogen (secondary N) is 1. The monoisotopic (exact) mass is 467 g/mol. The van der Waals surface area contributed by atoms with Crippen LogP contribution in [-0.2, 0) is 21.3 Å². The van der Waals surface area contributed by atoms with Gasteiger partial charge >= 0.3 is 5.97 Å². The van der Waals surface area contributed by atoms with Gasteiger partial charge in [-0.15, -0.1) is 0 Å². The number of nitriles is 1. The maximum absolute atomic E-state index is 12.8. The van der Waals surface area contributed by atoms with Crippen LogP contribution in [-0.4, -0.2) is 37.4 Å². The zero-order valence-electron chi connectivity index (χ0n) is 18.4. The van der Waals surface area contributed by atoms with Gasteiger partial charge in [0.2, 0.25) is 15.8 Å². The van der Waals surface area contributed by atoms with Crippen molar-refractivity contribution in [1.29, 1.82) is 5.26 Å². The molecule has 0 saturated carbocycles. The highest BCUT2D eigenvalue weighted by Crippen LogP contribution is 2.22. The zero-order valence-corrected chi connectivity index (χ0v) is 19.3. The Morgan fingerprint density at radius 2 is 1.85 bits per heavy atom. The SMILES string of the molecule is CCC(C)NS(=O)(=O)c1ccc(C(=O)OCC(=O)c2cn(CCC#N)c3ccccc23)cc1. The minimum Gasteiger partial charge on any atom is -0.454 e. The molecular formula is C24H25N3O5S.